The molecule has 0 fully saturated rings. The normalized spacial score (nSPS) is 15.1. The highest BCUT2D eigenvalue weighted by molar-refractivity contribution is 6.30. The van der Waals surface area contributed by atoms with Crippen molar-refractivity contribution in [1.82, 2.24) is 0 Å². The van der Waals surface area contributed by atoms with Gasteiger partial charge in [0.25, 0.3) is 0 Å². The molecule has 0 saturated heterocycles. The predicted octanol–water partition coefficient (Wildman–Crippen LogP) is 3.78. The molecule has 0 aromatic heterocycles. The third-order valence-electron chi connectivity index (χ3n) is 4.31. The summed E-state index contributed by atoms with van der Waals surface area (Å²) in [7, 11) is 0. The number of aliphatic hydroxyl groups excluding tert-OH is 1. The number of rotatable bonds is 5. The van der Waals surface area contributed by atoms with Crippen molar-refractivity contribution >= 4 is 23.3 Å². The molecule has 0 heterocycles. The molecule has 2 rings (SSSR count). The number of carbonyl (C=O) groups excluding carboxylic acids is 1. The van der Waals surface area contributed by atoms with Gasteiger partial charge in [-0.1, -0.05) is 42.8 Å². The average Bonchev–Trinajstić information content (AvgIpc) is 2.60. The van der Waals surface area contributed by atoms with Crippen molar-refractivity contribution in [2.45, 2.75) is 51.4 Å². The Hall–Kier alpha value is -2.08. The SMILES string of the molecule is CC(c1cccc(C(O)c2cc(Cl)ccc2N)c1)C(N)C(=O)OC(C)(C)C. The quantitative estimate of drug-likeness (QED) is 0.533. The van der Waals surface area contributed by atoms with Crippen molar-refractivity contribution in [3.8, 4) is 0 Å². The van der Waals surface area contributed by atoms with E-state index in [0.717, 1.165) is 5.56 Å². The number of ether oxygens (including phenoxy) is 1. The van der Waals surface area contributed by atoms with Crippen molar-refractivity contribution in [3.63, 3.8) is 0 Å². The second-order valence-corrected chi connectivity index (χ2v) is 8.13. The highest BCUT2D eigenvalue weighted by Crippen LogP contribution is 2.31. The summed E-state index contributed by atoms with van der Waals surface area (Å²) in [5.74, 6) is -0.747. The molecule has 0 spiro atoms. The fourth-order valence-corrected chi connectivity index (χ4v) is 2.94. The first-order valence-corrected chi connectivity index (χ1v) is 9.18. The molecule has 0 radical (unpaired) electrons. The van der Waals surface area contributed by atoms with Gasteiger partial charge >= 0.3 is 5.97 Å². The summed E-state index contributed by atoms with van der Waals surface area (Å²) >= 11 is 6.02. The zero-order valence-corrected chi connectivity index (χ0v) is 16.8. The van der Waals surface area contributed by atoms with Gasteiger partial charge in [-0.15, -0.1) is 0 Å². The Bertz CT molecular complexity index is 817. The van der Waals surface area contributed by atoms with Crippen LogP contribution in [0.1, 0.15) is 56.4 Å². The minimum Gasteiger partial charge on any atom is -0.459 e. The highest BCUT2D eigenvalue weighted by atomic mass is 35.5. The lowest BCUT2D eigenvalue weighted by molar-refractivity contribution is -0.156. The average molecular weight is 391 g/mol. The van der Waals surface area contributed by atoms with E-state index >= 15 is 0 Å². The van der Waals surface area contributed by atoms with Crippen molar-refractivity contribution < 1.29 is 14.6 Å². The highest BCUT2D eigenvalue weighted by Gasteiger charge is 2.28. The van der Waals surface area contributed by atoms with E-state index in [0.29, 0.717) is 21.8 Å². The van der Waals surface area contributed by atoms with Gasteiger partial charge in [-0.3, -0.25) is 4.79 Å². The number of carbonyl (C=O) groups is 1. The summed E-state index contributed by atoms with van der Waals surface area (Å²) in [5, 5.41) is 11.2. The van der Waals surface area contributed by atoms with Crippen LogP contribution in [-0.2, 0) is 9.53 Å². The third-order valence-corrected chi connectivity index (χ3v) is 4.55. The number of benzene rings is 2. The number of nitrogens with two attached hydrogens (primary N) is 2. The van der Waals surface area contributed by atoms with Crippen molar-refractivity contribution in [3.05, 3.63) is 64.2 Å². The topological polar surface area (TPSA) is 98.6 Å². The number of nitrogen functional groups attached to an aromatic ring is 1. The van der Waals surface area contributed by atoms with Crippen LogP contribution in [0.5, 0.6) is 0 Å². The molecule has 6 heteroatoms. The van der Waals surface area contributed by atoms with Crippen LogP contribution in [0.3, 0.4) is 0 Å². The van der Waals surface area contributed by atoms with Gasteiger partial charge in [0, 0.05) is 22.2 Å². The molecule has 2 aromatic carbocycles. The molecule has 5 N–H and O–H groups in total. The Morgan fingerprint density at radius 1 is 1.15 bits per heavy atom. The summed E-state index contributed by atoms with van der Waals surface area (Å²) < 4.78 is 5.37. The number of aliphatic hydroxyl groups is 1. The van der Waals surface area contributed by atoms with Crippen molar-refractivity contribution in [2.75, 3.05) is 5.73 Å². The Balaban J connectivity index is 2.26. The van der Waals surface area contributed by atoms with E-state index in [4.69, 9.17) is 27.8 Å². The molecule has 0 bridgehead atoms. The second kappa shape index (κ2) is 8.30. The van der Waals surface area contributed by atoms with Crippen LogP contribution in [0.15, 0.2) is 42.5 Å². The van der Waals surface area contributed by atoms with Crippen LogP contribution >= 0.6 is 11.6 Å². The van der Waals surface area contributed by atoms with Crippen LogP contribution in [-0.4, -0.2) is 22.7 Å². The molecule has 146 valence electrons. The number of halogens is 1. The molecule has 3 unspecified atom stereocenters. The fraction of sp³-hybridized carbons (Fsp3) is 0.381. The first-order chi connectivity index (χ1) is 12.5. The molecular weight excluding hydrogens is 364 g/mol. The van der Waals surface area contributed by atoms with Gasteiger partial charge in [-0.25, -0.2) is 0 Å². The van der Waals surface area contributed by atoms with E-state index in [9.17, 15) is 9.90 Å². The van der Waals surface area contributed by atoms with Crippen LogP contribution in [0.25, 0.3) is 0 Å². The monoisotopic (exact) mass is 390 g/mol. The Kier molecular flexibility index (Phi) is 6.52. The lowest BCUT2D eigenvalue weighted by Gasteiger charge is -2.25. The zero-order valence-electron chi connectivity index (χ0n) is 16.1. The number of anilines is 1. The van der Waals surface area contributed by atoms with E-state index < -0.39 is 23.7 Å². The summed E-state index contributed by atoms with van der Waals surface area (Å²) in [4.78, 5) is 12.3. The molecule has 0 amide bonds. The minimum absolute atomic E-state index is 0.288. The van der Waals surface area contributed by atoms with Gasteiger partial charge in [0.2, 0.25) is 0 Å². The molecular formula is C21H27ClN2O3. The van der Waals surface area contributed by atoms with Gasteiger partial charge in [0.1, 0.15) is 17.7 Å². The van der Waals surface area contributed by atoms with Gasteiger partial charge in [0.15, 0.2) is 0 Å². The fourth-order valence-electron chi connectivity index (χ4n) is 2.76. The van der Waals surface area contributed by atoms with Gasteiger partial charge < -0.3 is 21.3 Å². The first kappa shape index (κ1) is 21.2. The van der Waals surface area contributed by atoms with Crippen LogP contribution < -0.4 is 11.5 Å². The maximum Gasteiger partial charge on any atom is 0.324 e. The molecule has 3 atom stereocenters. The summed E-state index contributed by atoms with van der Waals surface area (Å²) in [6, 6.07) is 11.5. The summed E-state index contributed by atoms with van der Waals surface area (Å²) in [5.41, 5.74) is 13.9. The van der Waals surface area contributed by atoms with E-state index in [1.54, 1.807) is 45.0 Å². The minimum atomic E-state index is -0.936. The Morgan fingerprint density at radius 3 is 2.41 bits per heavy atom. The Labute approximate surface area is 165 Å². The molecule has 0 aliphatic heterocycles. The molecule has 0 aliphatic rings. The van der Waals surface area contributed by atoms with Gasteiger partial charge in [-0.05, 0) is 50.1 Å². The second-order valence-electron chi connectivity index (χ2n) is 7.69. The summed E-state index contributed by atoms with van der Waals surface area (Å²) in [6.07, 6.45) is -0.936. The van der Waals surface area contributed by atoms with Crippen molar-refractivity contribution in [2.24, 2.45) is 5.73 Å². The van der Waals surface area contributed by atoms with E-state index in [2.05, 4.69) is 0 Å². The number of esters is 1. The van der Waals surface area contributed by atoms with Crippen LogP contribution in [0, 0.1) is 0 Å². The van der Waals surface area contributed by atoms with E-state index in [-0.39, 0.29) is 5.92 Å². The van der Waals surface area contributed by atoms with Gasteiger partial charge in [0.05, 0.1) is 0 Å². The first-order valence-electron chi connectivity index (χ1n) is 8.81. The largest absolute Gasteiger partial charge is 0.459 e. The molecule has 2 aromatic rings. The van der Waals surface area contributed by atoms with E-state index in [1.807, 2.05) is 25.1 Å². The Morgan fingerprint density at radius 2 is 1.78 bits per heavy atom. The molecule has 0 saturated carbocycles. The smallest absolute Gasteiger partial charge is 0.324 e. The standard InChI is InChI=1S/C21H27ClN2O3/c1-12(18(24)20(26)27-21(2,3)4)13-6-5-7-14(10-13)19(25)16-11-15(22)8-9-17(16)23/h5-12,18-19,25H,23-24H2,1-4H3. The lowest BCUT2D eigenvalue weighted by atomic mass is 9.90. The molecule has 27 heavy (non-hydrogen) atoms. The number of hydrogen-bond acceptors (Lipinski definition) is 5. The maximum absolute atomic E-state index is 12.3. The number of hydrogen-bond donors (Lipinski definition) is 3. The van der Waals surface area contributed by atoms with Crippen LogP contribution in [0.2, 0.25) is 5.02 Å². The molecule has 5 nitrogen and oxygen atoms in total. The lowest BCUT2D eigenvalue weighted by Crippen LogP contribution is -2.40. The predicted molar refractivity (Wildman–Crippen MR) is 109 cm³/mol. The summed E-state index contributed by atoms with van der Waals surface area (Å²) in [6.45, 7) is 7.26. The van der Waals surface area contributed by atoms with Gasteiger partial charge in [-0.2, -0.15) is 0 Å². The van der Waals surface area contributed by atoms with E-state index in [1.165, 1.54) is 0 Å². The van der Waals surface area contributed by atoms with Crippen molar-refractivity contribution in [1.29, 1.82) is 0 Å². The molecule has 0 aliphatic carbocycles. The third kappa shape index (κ3) is 5.45. The van der Waals surface area contributed by atoms with Crippen LogP contribution in [0.4, 0.5) is 5.69 Å². The maximum atomic E-state index is 12.3. The zero-order chi connectivity index (χ0) is 20.4.